The van der Waals surface area contributed by atoms with Gasteiger partial charge in [0.25, 0.3) is 5.91 Å². The number of carboxylic acid groups (broad SMARTS) is 1. The van der Waals surface area contributed by atoms with E-state index in [2.05, 4.69) is 10.3 Å². The molecular formula is C22H20N4O4S. The molecule has 0 bridgehead atoms. The van der Waals surface area contributed by atoms with E-state index in [-0.39, 0.29) is 17.2 Å². The van der Waals surface area contributed by atoms with Gasteiger partial charge in [-0.15, -0.1) is 11.8 Å². The van der Waals surface area contributed by atoms with Crippen molar-refractivity contribution in [1.29, 1.82) is 0 Å². The predicted molar refractivity (Wildman–Crippen MR) is 116 cm³/mol. The molecule has 2 amide bonds. The summed E-state index contributed by atoms with van der Waals surface area (Å²) in [6.45, 7) is 3.61. The molecule has 2 aromatic heterocycles. The highest BCUT2D eigenvalue weighted by Gasteiger charge is 2.64. The summed E-state index contributed by atoms with van der Waals surface area (Å²) < 4.78 is 1.20. The van der Waals surface area contributed by atoms with Gasteiger partial charge in [-0.05, 0) is 26.0 Å². The lowest BCUT2D eigenvalue weighted by atomic mass is 9.96. The summed E-state index contributed by atoms with van der Waals surface area (Å²) in [5.74, 6) is -1.78. The lowest BCUT2D eigenvalue weighted by Gasteiger charge is -2.43. The van der Waals surface area contributed by atoms with Crippen LogP contribution in [0.4, 0.5) is 0 Å². The van der Waals surface area contributed by atoms with Crippen LogP contribution in [0.15, 0.2) is 54.9 Å². The second-order valence-electron chi connectivity index (χ2n) is 8.22. The number of nitrogens with zero attached hydrogens (tertiary/aromatic N) is 3. The number of carboxylic acids is 1. The van der Waals surface area contributed by atoms with E-state index in [4.69, 9.17) is 0 Å². The molecule has 0 saturated carbocycles. The standard InChI is InChI=1S/C22H20N4O4S/c1-22(2)17(21(29)30)26-19(28)16(20(26)31-22)24-18(27)13-8-9-25-11-14(23-15(25)10-13)12-6-4-3-5-7-12/h3-11,16-17,20H,1-2H3,(H,24,27)(H,29,30)/t16-,17+,20-/m1/s1. The molecule has 2 N–H and O–H groups in total. The Labute approximate surface area is 182 Å². The second kappa shape index (κ2) is 6.84. The van der Waals surface area contributed by atoms with Crippen LogP contribution < -0.4 is 5.32 Å². The van der Waals surface area contributed by atoms with E-state index in [1.54, 1.807) is 32.2 Å². The van der Waals surface area contributed by atoms with Crippen LogP contribution in [0.5, 0.6) is 0 Å². The van der Waals surface area contributed by atoms with E-state index in [0.29, 0.717) is 11.2 Å². The maximum atomic E-state index is 12.8. The van der Waals surface area contributed by atoms with Gasteiger partial charge in [0.05, 0.1) is 5.69 Å². The average Bonchev–Trinajstić information content (AvgIpc) is 3.28. The summed E-state index contributed by atoms with van der Waals surface area (Å²) in [5, 5.41) is 11.9. The van der Waals surface area contributed by atoms with Crippen molar-refractivity contribution in [1.82, 2.24) is 19.6 Å². The molecule has 0 unspecified atom stereocenters. The number of β-lactam (4-membered cyclic amide) rings is 1. The Morgan fingerprint density at radius 1 is 1.19 bits per heavy atom. The van der Waals surface area contributed by atoms with Gasteiger partial charge in [0, 0.05) is 28.3 Å². The third-order valence-corrected chi connectivity index (χ3v) is 7.33. The predicted octanol–water partition coefficient (Wildman–Crippen LogP) is 2.25. The molecular weight excluding hydrogens is 416 g/mol. The number of nitrogens with one attached hydrogen (secondary N) is 1. The molecule has 158 valence electrons. The third-order valence-electron chi connectivity index (χ3n) is 5.75. The van der Waals surface area contributed by atoms with Crippen LogP contribution in [0.2, 0.25) is 0 Å². The molecule has 0 aliphatic carbocycles. The van der Waals surface area contributed by atoms with Crippen LogP contribution in [-0.2, 0) is 9.59 Å². The van der Waals surface area contributed by atoms with E-state index in [0.717, 1.165) is 11.3 Å². The van der Waals surface area contributed by atoms with E-state index < -0.39 is 22.8 Å². The molecule has 3 atom stereocenters. The summed E-state index contributed by atoms with van der Waals surface area (Å²) in [6.07, 6.45) is 3.65. The summed E-state index contributed by atoms with van der Waals surface area (Å²) in [5.41, 5.74) is 2.79. The molecule has 2 fully saturated rings. The van der Waals surface area contributed by atoms with Crippen LogP contribution >= 0.6 is 11.8 Å². The van der Waals surface area contributed by atoms with E-state index in [1.165, 1.54) is 16.7 Å². The van der Waals surface area contributed by atoms with Crippen molar-refractivity contribution < 1.29 is 19.5 Å². The highest BCUT2D eigenvalue weighted by molar-refractivity contribution is 8.01. The fourth-order valence-electron chi connectivity index (χ4n) is 4.24. The lowest BCUT2D eigenvalue weighted by Crippen LogP contribution is -2.70. The average molecular weight is 436 g/mol. The van der Waals surface area contributed by atoms with Gasteiger partial charge in [0.15, 0.2) is 0 Å². The number of hydrogen-bond acceptors (Lipinski definition) is 5. The van der Waals surface area contributed by atoms with Crippen molar-refractivity contribution in [3.8, 4) is 11.3 Å². The van der Waals surface area contributed by atoms with Crippen molar-refractivity contribution in [2.75, 3.05) is 0 Å². The first-order chi connectivity index (χ1) is 14.8. The van der Waals surface area contributed by atoms with Crippen LogP contribution in [0.1, 0.15) is 24.2 Å². The first kappa shape index (κ1) is 19.6. The molecule has 0 spiro atoms. The number of thioether (sulfide) groups is 1. The molecule has 8 nitrogen and oxygen atoms in total. The van der Waals surface area contributed by atoms with Crippen LogP contribution in [0.3, 0.4) is 0 Å². The Bertz CT molecular complexity index is 1220. The molecule has 2 saturated heterocycles. The van der Waals surface area contributed by atoms with Gasteiger partial charge in [-0.2, -0.15) is 0 Å². The molecule has 31 heavy (non-hydrogen) atoms. The molecule has 1 aromatic carbocycles. The van der Waals surface area contributed by atoms with Gasteiger partial charge >= 0.3 is 5.97 Å². The van der Waals surface area contributed by atoms with Crippen LogP contribution in [-0.4, -0.2) is 59.4 Å². The Morgan fingerprint density at radius 2 is 1.94 bits per heavy atom. The normalized spacial score (nSPS) is 24.0. The van der Waals surface area contributed by atoms with Gasteiger partial charge in [0.2, 0.25) is 5.91 Å². The number of hydrogen-bond donors (Lipinski definition) is 2. The van der Waals surface area contributed by atoms with Crippen molar-refractivity contribution in [3.05, 3.63) is 60.4 Å². The molecule has 3 aromatic rings. The quantitative estimate of drug-likeness (QED) is 0.608. The van der Waals surface area contributed by atoms with E-state index in [1.807, 2.05) is 40.9 Å². The summed E-state index contributed by atoms with van der Waals surface area (Å²) >= 11 is 1.40. The molecule has 9 heteroatoms. The highest BCUT2D eigenvalue weighted by atomic mass is 32.2. The number of rotatable bonds is 4. The number of aromatic nitrogens is 2. The first-order valence-corrected chi connectivity index (χ1v) is 10.7. The third kappa shape index (κ3) is 3.07. The smallest absolute Gasteiger partial charge is 0.327 e. The van der Waals surface area contributed by atoms with Gasteiger partial charge in [-0.3, -0.25) is 9.59 Å². The van der Waals surface area contributed by atoms with Gasteiger partial charge in [-0.1, -0.05) is 30.3 Å². The van der Waals surface area contributed by atoms with Gasteiger partial charge < -0.3 is 19.7 Å². The van der Waals surface area contributed by atoms with E-state index >= 15 is 0 Å². The number of amides is 2. The lowest BCUT2D eigenvalue weighted by molar-refractivity contribution is -0.159. The highest BCUT2D eigenvalue weighted by Crippen LogP contribution is 2.50. The Kier molecular flexibility index (Phi) is 4.33. The van der Waals surface area contributed by atoms with E-state index in [9.17, 15) is 19.5 Å². The van der Waals surface area contributed by atoms with Crippen molar-refractivity contribution in [2.24, 2.45) is 0 Å². The number of aliphatic carboxylic acids is 1. The largest absolute Gasteiger partial charge is 0.480 e. The van der Waals surface area contributed by atoms with Gasteiger partial charge in [-0.25, -0.2) is 9.78 Å². The monoisotopic (exact) mass is 436 g/mol. The Hall–Kier alpha value is -3.33. The summed E-state index contributed by atoms with van der Waals surface area (Å²) in [6, 6.07) is 11.5. The minimum absolute atomic E-state index is 0.364. The van der Waals surface area contributed by atoms with Crippen molar-refractivity contribution in [2.45, 2.75) is 36.1 Å². The number of benzene rings is 1. The molecule has 4 heterocycles. The number of imidazole rings is 1. The fraction of sp³-hybridized carbons (Fsp3) is 0.273. The SMILES string of the molecule is CC1(C)S[C@@H]2[C@H](NC(=O)c3ccn4cc(-c5ccccc5)nc4c3)C(=O)N2[C@H]1C(=O)O. The Morgan fingerprint density at radius 3 is 2.65 bits per heavy atom. The summed E-state index contributed by atoms with van der Waals surface area (Å²) in [4.78, 5) is 43.0. The fourth-order valence-corrected chi connectivity index (χ4v) is 5.87. The second-order valence-corrected chi connectivity index (χ2v) is 9.99. The van der Waals surface area contributed by atoms with Gasteiger partial charge in [0.1, 0.15) is 23.1 Å². The molecule has 0 radical (unpaired) electrons. The zero-order chi connectivity index (χ0) is 21.9. The topological polar surface area (TPSA) is 104 Å². The number of carbonyl (C=O) groups is 3. The van der Waals surface area contributed by atoms with Crippen molar-refractivity contribution in [3.63, 3.8) is 0 Å². The number of carbonyl (C=O) groups excluding carboxylic acids is 2. The molecule has 5 rings (SSSR count). The zero-order valence-corrected chi connectivity index (χ0v) is 17.7. The number of fused-ring (bicyclic) bond motifs is 2. The van der Waals surface area contributed by atoms with Crippen molar-refractivity contribution >= 4 is 35.2 Å². The maximum absolute atomic E-state index is 12.8. The summed E-state index contributed by atoms with van der Waals surface area (Å²) in [7, 11) is 0. The Balaban J connectivity index is 1.35. The maximum Gasteiger partial charge on any atom is 0.327 e. The van der Waals surface area contributed by atoms with Crippen LogP contribution in [0, 0.1) is 0 Å². The zero-order valence-electron chi connectivity index (χ0n) is 16.9. The number of pyridine rings is 1. The van der Waals surface area contributed by atoms with Crippen LogP contribution in [0.25, 0.3) is 16.9 Å². The first-order valence-electron chi connectivity index (χ1n) is 9.84. The minimum Gasteiger partial charge on any atom is -0.480 e. The molecule has 2 aliphatic rings. The minimum atomic E-state index is -1.03. The molecule has 2 aliphatic heterocycles.